The average Bonchev–Trinajstić information content (AvgIpc) is 2.25. The van der Waals surface area contributed by atoms with Crippen LogP contribution in [-0.2, 0) is 9.47 Å². The number of ether oxygens (including phenoxy) is 2. The lowest BCUT2D eigenvalue weighted by atomic mass is 9.91. The first-order valence-corrected chi connectivity index (χ1v) is 6.80. The highest BCUT2D eigenvalue weighted by molar-refractivity contribution is 4.81. The van der Waals surface area contributed by atoms with Gasteiger partial charge in [0, 0.05) is 26.2 Å². The van der Waals surface area contributed by atoms with E-state index in [2.05, 4.69) is 4.90 Å². The van der Waals surface area contributed by atoms with E-state index in [0.29, 0.717) is 32.3 Å². The van der Waals surface area contributed by atoms with Gasteiger partial charge in [0.05, 0.1) is 32.0 Å². The van der Waals surface area contributed by atoms with E-state index < -0.39 is 6.10 Å². The highest BCUT2D eigenvalue weighted by Gasteiger charge is 2.26. The number of hydrogen-bond acceptors (Lipinski definition) is 5. The van der Waals surface area contributed by atoms with Crippen molar-refractivity contribution in [3.8, 4) is 0 Å². The Balaban J connectivity index is 2.20. The maximum Gasteiger partial charge on any atom is 0.0900 e. The molecule has 0 aromatic rings. The first kappa shape index (κ1) is 15.9. The van der Waals surface area contributed by atoms with E-state index in [-0.39, 0.29) is 12.7 Å². The van der Waals surface area contributed by atoms with Gasteiger partial charge >= 0.3 is 0 Å². The molecule has 5 heteroatoms. The van der Waals surface area contributed by atoms with Crippen molar-refractivity contribution in [3.63, 3.8) is 0 Å². The van der Waals surface area contributed by atoms with E-state index in [1.165, 1.54) is 19.3 Å². The topological polar surface area (TPSA) is 62.2 Å². The summed E-state index contributed by atoms with van der Waals surface area (Å²) in [6.07, 6.45) is 3.10. The van der Waals surface area contributed by atoms with Crippen LogP contribution < -0.4 is 0 Å². The van der Waals surface area contributed by atoms with Gasteiger partial charge in [-0.05, 0) is 19.8 Å². The van der Waals surface area contributed by atoms with E-state index in [9.17, 15) is 5.11 Å². The molecule has 1 aliphatic carbocycles. The highest BCUT2D eigenvalue weighted by atomic mass is 16.5. The lowest BCUT2D eigenvalue weighted by Gasteiger charge is -2.38. The maximum atomic E-state index is 9.94. The molecule has 0 radical (unpaired) electrons. The first-order chi connectivity index (χ1) is 8.67. The number of aliphatic hydroxyl groups excluding tert-OH is 2. The van der Waals surface area contributed by atoms with Crippen LogP contribution in [0.5, 0.6) is 0 Å². The minimum atomic E-state index is -0.503. The summed E-state index contributed by atoms with van der Waals surface area (Å²) < 4.78 is 10.5. The summed E-state index contributed by atoms with van der Waals surface area (Å²) in [5.41, 5.74) is 0. The first-order valence-electron chi connectivity index (χ1n) is 6.80. The van der Waals surface area contributed by atoms with Crippen molar-refractivity contribution >= 4 is 0 Å². The maximum absolute atomic E-state index is 9.94. The normalized spacial score (nSPS) is 19.8. The molecule has 0 aromatic heterocycles. The Hall–Kier alpha value is -0.200. The van der Waals surface area contributed by atoms with Gasteiger partial charge in [0.15, 0.2) is 0 Å². The van der Waals surface area contributed by atoms with Crippen molar-refractivity contribution in [1.82, 2.24) is 4.90 Å². The Morgan fingerprint density at radius 3 is 2.56 bits per heavy atom. The zero-order valence-electron chi connectivity index (χ0n) is 11.5. The SMILES string of the molecule is COCC(C)OCC(O)CN(CCO)C1CCC1. The quantitative estimate of drug-likeness (QED) is 0.590. The van der Waals surface area contributed by atoms with E-state index in [1.54, 1.807) is 7.11 Å². The van der Waals surface area contributed by atoms with Gasteiger partial charge in [0.2, 0.25) is 0 Å². The molecule has 1 rings (SSSR count). The fourth-order valence-electron chi connectivity index (χ4n) is 2.18. The van der Waals surface area contributed by atoms with Crippen LogP contribution in [0, 0.1) is 0 Å². The second kappa shape index (κ2) is 8.82. The van der Waals surface area contributed by atoms with Crippen LogP contribution in [-0.4, -0.2) is 73.4 Å². The Morgan fingerprint density at radius 2 is 2.06 bits per heavy atom. The van der Waals surface area contributed by atoms with Gasteiger partial charge in [-0.3, -0.25) is 4.90 Å². The molecule has 0 saturated heterocycles. The molecular formula is C13H27NO4. The predicted molar refractivity (Wildman–Crippen MR) is 69.6 cm³/mol. The summed E-state index contributed by atoms with van der Waals surface area (Å²) >= 11 is 0. The lowest BCUT2D eigenvalue weighted by molar-refractivity contribution is -0.0474. The van der Waals surface area contributed by atoms with E-state index in [4.69, 9.17) is 14.6 Å². The van der Waals surface area contributed by atoms with Gasteiger partial charge < -0.3 is 19.7 Å². The standard InChI is InChI=1S/C13H27NO4/c1-11(9-17-2)18-10-13(16)8-14(6-7-15)12-4-3-5-12/h11-13,15-16H,3-10H2,1-2H3. The molecule has 2 N–H and O–H groups in total. The molecule has 2 unspecified atom stereocenters. The molecule has 5 nitrogen and oxygen atoms in total. The Bertz CT molecular complexity index is 211. The molecule has 0 spiro atoms. The van der Waals surface area contributed by atoms with Crippen molar-refractivity contribution in [1.29, 1.82) is 0 Å². The largest absolute Gasteiger partial charge is 0.395 e. The molecule has 1 fully saturated rings. The third kappa shape index (κ3) is 5.63. The average molecular weight is 261 g/mol. The molecule has 18 heavy (non-hydrogen) atoms. The molecule has 1 aliphatic rings. The summed E-state index contributed by atoms with van der Waals surface area (Å²) in [6.45, 7) is 4.13. The fourth-order valence-corrected chi connectivity index (χ4v) is 2.18. The van der Waals surface area contributed by atoms with Gasteiger partial charge in [0.1, 0.15) is 0 Å². The summed E-state index contributed by atoms with van der Waals surface area (Å²) in [5.74, 6) is 0. The van der Waals surface area contributed by atoms with Crippen molar-refractivity contribution in [2.75, 3.05) is 40.0 Å². The molecule has 0 amide bonds. The van der Waals surface area contributed by atoms with Crippen molar-refractivity contribution in [2.45, 2.75) is 44.4 Å². The number of rotatable bonds is 10. The molecule has 0 aliphatic heterocycles. The van der Waals surface area contributed by atoms with Crippen molar-refractivity contribution < 1.29 is 19.7 Å². The minimum absolute atomic E-state index is 0.000329. The Kier molecular flexibility index (Phi) is 7.77. The van der Waals surface area contributed by atoms with Crippen LogP contribution in [0.1, 0.15) is 26.2 Å². The molecule has 1 saturated carbocycles. The molecule has 0 heterocycles. The molecule has 0 bridgehead atoms. The van der Waals surface area contributed by atoms with Crippen LogP contribution in [0.3, 0.4) is 0 Å². The Morgan fingerprint density at radius 1 is 1.33 bits per heavy atom. The second-order valence-electron chi connectivity index (χ2n) is 5.06. The number of hydrogen-bond donors (Lipinski definition) is 2. The van der Waals surface area contributed by atoms with Crippen LogP contribution in [0.15, 0.2) is 0 Å². The van der Waals surface area contributed by atoms with E-state index in [1.807, 2.05) is 6.92 Å². The number of aliphatic hydroxyl groups is 2. The van der Waals surface area contributed by atoms with Crippen LogP contribution in [0.25, 0.3) is 0 Å². The zero-order chi connectivity index (χ0) is 13.4. The summed E-state index contributed by atoms with van der Waals surface area (Å²) in [4.78, 5) is 2.17. The number of nitrogens with zero attached hydrogens (tertiary/aromatic N) is 1. The second-order valence-corrected chi connectivity index (χ2v) is 5.06. The summed E-state index contributed by atoms with van der Waals surface area (Å²) in [6, 6.07) is 0.531. The fraction of sp³-hybridized carbons (Fsp3) is 1.00. The molecule has 108 valence electrons. The smallest absolute Gasteiger partial charge is 0.0900 e. The van der Waals surface area contributed by atoms with Gasteiger partial charge in [-0.25, -0.2) is 0 Å². The molecule has 2 atom stereocenters. The predicted octanol–water partition coefficient (Wildman–Crippen LogP) is 0.246. The van der Waals surface area contributed by atoms with E-state index >= 15 is 0 Å². The van der Waals surface area contributed by atoms with Crippen LogP contribution in [0.4, 0.5) is 0 Å². The van der Waals surface area contributed by atoms with E-state index in [0.717, 1.165) is 0 Å². The zero-order valence-corrected chi connectivity index (χ0v) is 11.5. The van der Waals surface area contributed by atoms with Gasteiger partial charge in [-0.2, -0.15) is 0 Å². The summed E-state index contributed by atoms with van der Waals surface area (Å²) in [5, 5.41) is 19.0. The monoisotopic (exact) mass is 261 g/mol. The lowest BCUT2D eigenvalue weighted by Crippen LogP contribution is -2.46. The highest BCUT2D eigenvalue weighted by Crippen LogP contribution is 2.24. The minimum Gasteiger partial charge on any atom is -0.395 e. The van der Waals surface area contributed by atoms with Gasteiger partial charge in [-0.1, -0.05) is 6.42 Å². The third-order valence-electron chi connectivity index (χ3n) is 3.40. The van der Waals surface area contributed by atoms with Gasteiger partial charge in [-0.15, -0.1) is 0 Å². The molecule has 0 aromatic carbocycles. The molecular weight excluding hydrogens is 234 g/mol. The number of methoxy groups -OCH3 is 1. The third-order valence-corrected chi connectivity index (χ3v) is 3.40. The Labute approximate surface area is 110 Å². The van der Waals surface area contributed by atoms with Gasteiger partial charge in [0.25, 0.3) is 0 Å². The van der Waals surface area contributed by atoms with Crippen molar-refractivity contribution in [3.05, 3.63) is 0 Å². The van der Waals surface area contributed by atoms with Crippen molar-refractivity contribution in [2.24, 2.45) is 0 Å². The summed E-state index contributed by atoms with van der Waals surface area (Å²) in [7, 11) is 1.63. The van der Waals surface area contributed by atoms with Crippen LogP contribution in [0.2, 0.25) is 0 Å². The van der Waals surface area contributed by atoms with Crippen LogP contribution >= 0.6 is 0 Å².